The molecule has 1 unspecified atom stereocenters. The molecule has 7 heteroatoms. The van der Waals surface area contributed by atoms with Crippen LogP contribution in [-0.2, 0) is 9.53 Å². The zero-order valence-electron chi connectivity index (χ0n) is 16.0. The van der Waals surface area contributed by atoms with Crippen LogP contribution in [0.1, 0.15) is 24.8 Å². The van der Waals surface area contributed by atoms with Crippen molar-refractivity contribution < 1.29 is 9.53 Å². The fourth-order valence-electron chi connectivity index (χ4n) is 3.40. The highest BCUT2D eigenvalue weighted by molar-refractivity contribution is 5.78. The lowest BCUT2D eigenvalue weighted by atomic mass is 10.1. The molecule has 0 saturated carbocycles. The molecule has 1 aromatic carbocycles. The molecule has 3 aromatic rings. The lowest BCUT2D eigenvalue weighted by molar-refractivity contribution is -0.121. The Hall–Kier alpha value is -2.93. The number of rotatable bonds is 7. The van der Waals surface area contributed by atoms with Gasteiger partial charge in [0.2, 0.25) is 5.91 Å². The van der Waals surface area contributed by atoms with E-state index in [0.29, 0.717) is 19.5 Å². The van der Waals surface area contributed by atoms with Crippen LogP contribution in [0.2, 0.25) is 0 Å². The van der Waals surface area contributed by atoms with Gasteiger partial charge < -0.3 is 15.4 Å². The molecule has 0 aliphatic carbocycles. The third kappa shape index (κ3) is 4.14. The second-order valence-electron chi connectivity index (χ2n) is 7.10. The van der Waals surface area contributed by atoms with Crippen molar-refractivity contribution in [1.82, 2.24) is 19.7 Å². The van der Waals surface area contributed by atoms with Gasteiger partial charge in [-0.05, 0) is 19.8 Å². The number of amides is 1. The van der Waals surface area contributed by atoms with Gasteiger partial charge in [0.15, 0.2) is 5.65 Å². The number of nitrogens with one attached hydrogen (secondary N) is 2. The number of hydrogen-bond acceptors (Lipinski definition) is 5. The van der Waals surface area contributed by atoms with Crippen molar-refractivity contribution in [3.8, 4) is 11.3 Å². The van der Waals surface area contributed by atoms with E-state index >= 15 is 0 Å². The molecule has 28 heavy (non-hydrogen) atoms. The Morgan fingerprint density at radius 3 is 2.96 bits per heavy atom. The second-order valence-corrected chi connectivity index (χ2v) is 7.10. The smallest absolute Gasteiger partial charge is 0.221 e. The van der Waals surface area contributed by atoms with E-state index in [1.54, 1.807) is 12.4 Å². The molecule has 146 valence electrons. The van der Waals surface area contributed by atoms with Crippen LogP contribution in [0.5, 0.6) is 0 Å². The molecule has 1 aliphatic heterocycles. The summed E-state index contributed by atoms with van der Waals surface area (Å²) >= 11 is 0. The zero-order chi connectivity index (χ0) is 19.3. The predicted octanol–water partition coefficient (Wildman–Crippen LogP) is 2.80. The molecule has 1 atom stereocenters. The lowest BCUT2D eigenvalue weighted by Crippen LogP contribution is -2.32. The Kier molecular flexibility index (Phi) is 5.53. The number of carbonyl (C=O) groups is 1. The minimum atomic E-state index is 0.0235. The van der Waals surface area contributed by atoms with Gasteiger partial charge in [-0.15, -0.1) is 0 Å². The van der Waals surface area contributed by atoms with Crippen LogP contribution in [0.3, 0.4) is 0 Å². The molecule has 2 aromatic heterocycles. The van der Waals surface area contributed by atoms with Gasteiger partial charge in [-0.25, -0.2) is 4.98 Å². The van der Waals surface area contributed by atoms with E-state index in [-0.39, 0.29) is 12.0 Å². The number of nitrogens with zero attached hydrogens (tertiary/aromatic N) is 3. The van der Waals surface area contributed by atoms with Crippen molar-refractivity contribution in [1.29, 1.82) is 0 Å². The first-order valence-electron chi connectivity index (χ1n) is 9.72. The quantitative estimate of drug-likeness (QED) is 0.660. The highest BCUT2D eigenvalue weighted by Crippen LogP contribution is 2.28. The van der Waals surface area contributed by atoms with Gasteiger partial charge in [0.05, 0.1) is 12.3 Å². The van der Waals surface area contributed by atoms with Crippen LogP contribution in [0.4, 0.5) is 5.82 Å². The largest absolute Gasteiger partial charge is 0.376 e. The summed E-state index contributed by atoms with van der Waals surface area (Å²) in [6.07, 6.45) is 7.99. The average molecular weight is 379 g/mol. The lowest BCUT2D eigenvalue weighted by Gasteiger charge is -2.12. The molecule has 3 heterocycles. The molecule has 1 aliphatic rings. The number of imidazole rings is 1. The first-order chi connectivity index (χ1) is 13.7. The van der Waals surface area contributed by atoms with E-state index < -0.39 is 0 Å². The standard InChI is InChI=1S/C21H25N5O2/c1-15-4-6-16(7-5-15)20-21(26-11-10-22-14-18(26)25-20)23-9-8-19(27)24-13-17-3-2-12-28-17/h4-7,10-11,14,17,23H,2-3,8-9,12-13H2,1H3,(H,24,27). The average Bonchev–Trinajstić information content (AvgIpc) is 3.35. The van der Waals surface area contributed by atoms with Crippen LogP contribution in [0.25, 0.3) is 16.9 Å². The van der Waals surface area contributed by atoms with Gasteiger partial charge in [-0.3, -0.25) is 14.2 Å². The van der Waals surface area contributed by atoms with Gasteiger partial charge in [-0.1, -0.05) is 29.8 Å². The molecule has 0 bridgehead atoms. The maximum Gasteiger partial charge on any atom is 0.221 e. The monoisotopic (exact) mass is 379 g/mol. The second kappa shape index (κ2) is 8.39. The number of ether oxygens (including phenoxy) is 1. The Balaban J connectivity index is 1.44. The minimum absolute atomic E-state index is 0.0235. The van der Waals surface area contributed by atoms with Crippen LogP contribution >= 0.6 is 0 Å². The SMILES string of the molecule is Cc1ccc(-c2nc3cnccn3c2NCCC(=O)NCC2CCCO2)cc1. The van der Waals surface area contributed by atoms with Crippen molar-refractivity contribution in [2.75, 3.05) is 25.0 Å². The molecule has 0 radical (unpaired) electrons. The van der Waals surface area contributed by atoms with E-state index in [9.17, 15) is 4.79 Å². The number of benzene rings is 1. The van der Waals surface area contributed by atoms with E-state index in [1.807, 2.05) is 10.6 Å². The van der Waals surface area contributed by atoms with E-state index in [1.165, 1.54) is 5.56 Å². The highest BCUT2D eigenvalue weighted by Gasteiger charge is 2.17. The number of fused-ring (bicyclic) bond motifs is 1. The van der Waals surface area contributed by atoms with Gasteiger partial charge in [0.25, 0.3) is 0 Å². The number of aromatic nitrogens is 3. The molecule has 1 saturated heterocycles. The summed E-state index contributed by atoms with van der Waals surface area (Å²) in [7, 11) is 0. The first-order valence-corrected chi connectivity index (χ1v) is 9.72. The van der Waals surface area contributed by atoms with Crippen LogP contribution in [-0.4, -0.2) is 46.1 Å². The topological polar surface area (TPSA) is 80.5 Å². The van der Waals surface area contributed by atoms with E-state index in [4.69, 9.17) is 9.72 Å². The van der Waals surface area contributed by atoms with E-state index in [2.05, 4.69) is 46.8 Å². The first kappa shape index (κ1) is 18.4. The number of aryl methyl sites for hydroxylation is 1. The fraction of sp³-hybridized carbons (Fsp3) is 0.381. The van der Waals surface area contributed by atoms with Crippen LogP contribution in [0.15, 0.2) is 42.9 Å². The molecular formula is C21H25N5O2. The molecular weight excluding hydrogens is 354 g/mol. The summed E-state index contributed by atoms with van der Waals surface area (Å²) in [4.78, 5) is 21.0. The predicted molar refractivity (Wildman–Crippen MR) is 108 cm³/mol. The molecule has 1 amide bonds. The molecule has 0 spiro atoms. The normalized spacial score (nSPS) is 16.4. The maximum absolute atomic E-state index is 12.1. The summed E-state index contributed by atoms with van der Waals surface area (Å²) in [5.74, 6) is 0.892. The maximum atomic E-state index is 12.1. The summed E-state index contributed by atoms with van der Waals surface area (Å²) in [5.41, 5.74) is 3.85. The Morgan fingerprint density at radius 2 is 2.18 bits per heavy atom. The summed E-state index contributed by atoms with van der Waals surface area (Å²) in [5, 5.41) is 6.35. The van der Waals surface area contributed by atoms with E-state index in [0.717, 1.165) is 42.2 Å². The van der Waals surface area contributed by atoms with Crippen molar-refractivity contribution in [2.45, 2.75) is 32.3 Å². The molecule has 1 fully saturated rings. The summed E-state index contributed by atoms with van der Waals surface area (Å²) in [6, 6.07) is 8.26. The third-order valence-corrected chi connectivity index (χ3v) is 4.95. The third-order valence-electron chi connectivity index (χ3n) is 4.95. The molecule has 2 N–H and O–H groups in total. The number of carbonyl (C=O) groups excluding carboxylic acids is 1. The summed E-state index contributed by atoms with van der Waals surface area (Å²) in [6.45, 7) is 3.97. The zero-order valence-corrected chi connectivity index (χ0v) is 16.0. The molecule has 4 rings (SSSR count). The van der Waals surface area contributed by atoms with Crippen molar-refractivity contribution in [2.24, 2.45) is 0 Å². The Morgan fingerprint density at radius 1 is 1.32 bits per heavy atom. The van der Waals surface area contributed by atoms with Crippen LogP contribution in [0, 0.1) is 6.92 Å². The van der Waals surface area contributed by atoms with Crippen molar-refractivity contribution >= 4 is 17.4 Å². The Labute approximate surface area is 164 Å². The van der Waals surface area contributed by atoms with Gasteiger partial charge in [0, 0.05) is 44.1 Å². The number of anilines is 1. The highest BCUT2D eigenvalue weighted by atomic mass is 16.5. The summed E-state index contributed by atoms with van der Waals surface area (Å²) < 4.78 is 7.50. The Bertz CT molecular complexity index is 945. The fourth-order valence-corrected chi connectivity index (χ4v) is 3.40. The molecule has 7 nitrogen and oxygen atoms in total. The number of hydrogen-bond donors (Lipinski definition) is 2. The minimum Gasteiger partial charge on any atom is -0.376 e. The van der Waals surface area contributed by atoms with Crippen LogP contribution < -0.4 is 10.6 Å². The van der Waals surface area contributed by atoms with Gasteiger partial charge in [0.1, 0.15) is 11.5 Å². The van der Waals surface area contributed by atoms with Crippen molar-refractivity contribution in [3.05, 3.63) is 48.4 Å². The van der Waals surface area contributed by atoms with Crippen molar-refractivity contribution in [3.63, 3.8) is 0 Å². The van der Waals surface area contributed by atoms with Gasteiger partial charge in [-0.2, -0.15) is 0 Å². The van der Waals surface area contributed by atoms with Gasteiger partial charge >= 0.3 is 0 Å².